The molecule has 0 amide bonds. The molecule has 0 saturated carbocycles. The minimum absolute atomic E-state index is 0.362. The van der Waals surface area contributed by atoms with Crippen LogP contribution >= 0.6 is 11.6 Å². The van der Waals surface area contributed by atoms with Crippen molar-refractivity contribution in [2.75, 3.05) is 0 Å². The van der Waals surface area contributed by atoms with E-state index in [1.165, 1.54) is 0 Å². The molecule has 0 saturated heterocycles. The predicted molar refractivity (Wildman–Crippen MR) is 80.4 cm³/mol. The summed E-state index contributed by atoms with van der Waals surface area (Å²) in [6, 6.07) is 20.0. The molecule has 0 spiro atoms. The number of benzene rings is 3. The Balaban J connectivity index is 1.88. The fraction of sp³-hybridized carbons (Fsp3) is 0. The topological polar surface area (TPSA) is 26.3 Å². The van der Waals surface area contributed by atoms with Gasteiger partial charge in [-0.25, -0.2) is 4.79 Å². The summed E-state index contributed by atoms with van der Waals surface area (Å²) in [5, 5.41) is 2.68. The van der Waals surface area contributed by atoms with Crippen molar-refractivity contribution in [2.24, 2.45) is 0 Å². The molecule has 0 aromatic heterocycles. The van der Waals surface area contributed by atoms with Crippen molar-refractivity contribution < 1.29 is 9.53 Å². The van der Waals surface area contributed by atoms with E-state index in [0.29, 0.717) is 16.3 Å². The molecule has 0 aliphatic carbocycles. The Hall–Kier alpha value is -2.32. The van der Waals surface area contributed by atoms with Gasteiger partial charge >= 0.3 is 5.97 Å². The first-order valence-electron chi connectivity index (χ1n) is 6.19. The van der Waals surface area contributed by atoms with E-state index < -0.39 is 0 Å². The van der Waals surface area contributed by atoms with E-state index in [2.05, 4.69) is 0 Å². The summed E-state index contributed by atoms with van der Waals surface area (Å²) in [5.74, 6) is 0.160. The number of rotatable bonds is 2. The molecule has 0 aliphatic rings. The maximum Gasteiger partial charge on any atom is 0.343 e. The number of ether oxygens (including phenoxy) is 1. The van der Waals surface area contributed by atoms with Crippen molar-refractivity contribution in [3.63, 3.8) is 0 Å². The standard InChI is InChI=1S/C17H11ClO2/c18-15-8-6-14-11-16(9-7-13(14)10-15)20-17(19)12-4-2-1-3-5-12/h1-11H. The molecule has 20 heavy (non-hydrogen) atoms. The molecular formula is C17H11ClO2. The summed E-state index contributed by atoms with van der Waals surface area (Å²) in [6.07, 6.45) is 0. The molecule has 3 rings (SSSR count). The highest BCUT2D eigenvalue weighted by Gasteiger charge is 2.08. The summed E-state index contributed by atoms with van der Waals surface area (Å²) >= 11 is 5.94. The number of hydrogen-bond donors (Lipinski definition) is 0. The molecule has 2 nitrogen and oxygen atoms in total. The van der Waals surface area contributed by atoms with Crippen LogP contribution in [0.1, 0.15) is 10.4 Å². The van der Waals surface area contributed by atoms with Gasteiger partial charge in [0.15, 0.2) is 0 Å². The Morgan fingerprint density at radius 1 is 0.850 bits per heavy atom. The average molecular weight is 283 g/mol. The molecule has 3 aromatic carbocycles. The summed E-state index contributed by atoms with van der Waals surface area (Å²) in [7, 11) is 0. The monoisotopic (exact) mass is 282 g/mol. The van der Waals surface area contributed by atoms with E-state index in [4.69, 9.17) is 16.3 Å². The highest BCUT2D eigenvalue weighted by molar-refractivity contribution is 6.31. The third-order valence-electron chi connectivity index (χ3n) is 2.99. The number of fused-ring (bicyclic) bond motifs is 1. The lowest BCUT2D eigenvalue weighted by atomic mass is 10.1. The van der Waals surface area contributed by atoms with Gasteiger partial charge in [0, 0.05) is 5.02 Å². The van der Waals surface area contributed by atoms with Crippen molar-refractivity contribution in [3.05, 3.63) is 77.3 Å². The molecule has 0 bridgehead atoms. The predicted octanol–water partition coefficient (Wildman–Crippen LogP) is 4.71. The molecule has 3 heteroatoms. The SMILES string of the molecule is O=C(Oc1ccc2cc(Cl)ccc2c1)c1ccccc1. The van der Waals surface area contributed by atoms with Crippen LogP contribution in [0.15, 0.2) is 66.7 Å². The maximum absolute atomic E-state index is 12.0. The summed E-state index contributed by atoms with van der Waals surface area (Å²) < 4.78 is 5.37. The first kappa shape index (κ1) is 12.7. The minimum Gasteiger partial charge on any atom is -0.423 e. The van der Waals surface area contributed by atoms with Crippen LogP contribution in [0.2, 0.25) is 5.02 Å². The normalized spacial score (nSPS) is 10.4. The van der Waals surface area contributed by atoms with Gasteiger partial charge in [-0.2, -0.15) is 0 Å². The molecule has 0 aliphatic heterocycles. The quantitative estimate of drug-likeness (QED) is 0.502. The molecule has 0 atom stereocenters. The highest BCUT2D eigenvalue weighted by atomic mass is 35.5. The van der Waals surface area contributed by atoms with Crippen LogP contribution in [-0.4, -0.2) is 5.97 Å². The molecular weight excluding hydrogens is 272 g/mol. The number of carbonyl (C=O) groups is 1. The van der Waals surface area contributed by atoms with Crippen LogP contribution in [0.25, 0.3) is 10.8 Å². The first-order chi connectivity index (χ1) is 9.72. The second kappa shape index (κ2) is 5.35. The Labute approximate surface area is 121 Å². The molecule has 98 valence electrons. The van der Waals surface area contributed by atoms with Gasteiger partial charge in [-0.05, 0) is 47.2 Å². The smallest absolute Gasteiger partial charge is 0.343 e. The number of halogens is 1. The van der Waals surface area contributed by atoms with Crippen molar-refractivity contribution in [2.45, 2.75) is 0 Å². The van der Waals surface area contributed by atoms with E-state index in [1.54, 1.807) is 30.3 Å². The van der Waals surface area contributed by atoms with Crippen molar-refractivity contribution in [1.29, 1.82) is 0 Å². The van der Waals surface area contributed by atoms with Gasteiger partial charge in [-0.15, -0.1) is 0 Å². The van der Waals surface area contributed by atoms with Gasteiger partial charge in [0.05, 0.1) is 5.56 Å². The fourth-order valence-corrected chi connectivity index (χ4v) is 2.18. The second-order valence-electron chi connectivity index (χ2n) is 4.41. The molecule has 0 N–H and O–H groups in total. The lowest BCUT2D eigenvalue weighted by Gasteiger charge is -2.06. The summed E-state index contributed by atoms with van der Waals surface area (Å²) in [6.45, 7) is 0. The Morgan fingerprint density at radius 3 is 2.35 bits per heavy atom. The lowest BCUT2D eigenvalue weighted by Crippen LogP contribution is -2.07. The van der Waals surface area contributed by atoms with Gasteiger partial charge in [0.2, 0.25) is 0 Å². The number of hydrogen-bond acceptors (Lipinski definition) is 2. The number of carbonyl (C=O) groups excluding carboxylic acids is 1. The van der Waals surface area contributed by atoms with E-state index in [-0.39, 0.29) is 5.97 Å². The molecule has 0 fully saturated rings. The van der Waals surface area contributed by atoms with Crippen molar-refractivity contribution >= 4 is 28.3 Å². The number of esters is 1. The van der Waals surface area contributed by atoms with Gasteiger partial charge < -0.3 is 4.74 Å². The van der Waals surface area contributed by atoms with Crippen LogP contribution < -0.4 is 4.74 Å². The van der Waals surface area contributed by atoms with Crippen LogP contribution in [0.5, 0.6) is 5.75 Å². The largest absolute Gasteiger partial charge is 0.423 e. The summed E-state index contributed by atoms with van der Waals surface area (Å²) in [4.78, 5) is 12.0. The zero-order chi connectivity index (χ0) is 13.9. The highest BCUT2D eigenvalue weighted by Crippen LogP contribution is 2.24. The van der Waals surface area contributed by atoms with E-state index in [9.17, 15) is 4.79 Å². The van der Waals surface area contributed by atoms with Crippen LogP contribution in [0, 0.1) is 0 Å². The zero-order valence-electron chi connectivity index (χ0n) is 10.5. The zero-order valence-corrected chi connectivity index (χ0v) is 11.3. The van der Waals surface area contributed by atoms with Crippen molar-refractivity contribution in [1.82, 2.24) is 0 Å². The molecule has 0 unspecified atom stereocenters. The second-order valence-corrected chi connectivity index (χ2v) is 4.85. The molecule has 0 heterocycles. The molecule has 3 aromatic rings. The van der Waals surface area contributed by atoms with Gasteiger partial charge in [-0.1, -0.05) is 41.9 Å². The third-order valence-corrected chi connectivity index (χ3v) is 3.23. The van der Waals surface area contributed by atoms with Gasteiger partial charge in [0.25, 0.3) is 0 Å². The molecule has 0 radical (unpaired) electrons. The fourth-order valence-electron chi connectivity index (χ4n) is 2.00. The average Bonchev–Trinajstić information content (AvgIpc) is 2.48. The maximum atomic E-state index is 12.0. The lowest BCUT2D eigenvalue weighted by molar-refractivity contribution is 0.0735. The Morgan fingerprint density at radius 2 is 1.55 bits per heavy atom. The van der Waals surface area contributed by atoms with Gasteiger partial charge in [0.1, 0.15) is 5.75 Å². The van der Waals surface area contributed by atoms with Crippen LogP contribution in [-0.2, 0) is 0 Å². The van der Waals surface area contributed by atoms with Gasteiger partial charge in [-0.3, -0.25) is 0 Å². The van der Waals surface area contributed by atoms with Crippen LogP contribution in [0.4, 0.5) is 0 Å². The van der Waals surface area contributed by atoms with E-state index in [1.807, 2.05) is 36.4 Å². The minimum atomic E-state index is -0.362. The Bertz CT molecular complexity index is 766. The van der Waals surface area contributed by atoms with E-state index in [0.717, 1.165) is 10.8 Å². The van der Waals surface area contributed by atoms with Crippen molar-refractivity contribution in [3.8, 4) is 5.75 Å². The van der Waals surface area contributed by atoms with E-state index >= 15 is 0 Å². The third kappa shape index (κ3) is 2.65. The Kier molecular flexibility index (Phi) is 3.40. The first-order valence-corrected chi connectivity index (χ1v) is 6.57. The summed E-state index contributed by atoms with van der Waals surface area (Å²) in [5.41, 5.74) is 0.531. The van der Waals surface area contributed by atoms with Crippen LogP contribution in [0.3, 0.4) is 0 Å².